The van der Waals surface area contributed by atoms with E-state index in [1.54, 1.807) is 25.2 Å². The van der Waals surface area contributed by atoms with Crippen LogP contribution in [0.25, 0.3) is 0 Å². The van der Waals surface area contributed by atoms with Crippen LogP contribution in [0.1, 0.15) is 36.3 Å². The van der Waals surface area contributed by atoms with Gasteiger partial charge in [0, 0.05) is 18.5 Å². The normalized spacial score (nSPS) is 23.7. The van der Waals surface area contributed by atoms with Gasteiger partial charge in [0.05, 0.1) is 11.4 Å². The zero-order valence-electron chi connectivity index (χ0n) is 15.2. The van der Waals surface area contributed by atoms with Gasteiger partial charge < -0.3 is 9.32 Å². The topological polar surface area (TPSA) is 92.0 Å². The lowest BCUT2D eigenvalue weighted by molar-refractivity contribution is -0.129. The molecule has 1 aliphatic heterocycles. The maximum Gasteiger partial charge on any atom is 0.263 e. The minimum absolute atomic E-state index is 0.143. The van der Waals surface area contributed by atoms with E-state index in [1.807, 2.05) is 12.1 Å². The Kier molecular flexibility index (Phi) is 4.30. The zero-order chi connectivity index (χ0) is 19.2. The molecule has 2 atom stereocenters. The summed E-state index contributed by atoms with van der Waals surface area (Å²) in [4.78, 5) is 18.3. The molecule has 1 amide bonds. The third kappa shape index (κ3) is 3.49. The van der Waals surface area contributed by atoms with Crippen LogP contribution in [0.5, 0.6) is 0 Å². The molecule has 27 heavy (non-hydrogen) atoms. The number of amidine groups is 1. The first kappa shape index (κ1) is 17.8. The minimum Gasteiger partial charge on any atom is -0.464 e. The van der Waals surface area contributed by atoms with Crippen molar-refractivity contribution in [2.75, 3.05) is 13.6 Å². The van der Waals surface area contributed by atoms with Crippen molar-refractivity contribution in [3.05, 3.63) is 53.5 Å². The molecule has 1 aromatic heterocycles. The van der Waals surface area contributed by atoms with Gasteiger partial charge in [-0.1, -0.05) is 19.1 Å². The molecule has 1 aromatic carbocycles. The Morgan fingerprint density at radius 3 is 2.78 bits per heavy atom. The molecule has 0 saturated heterocycles. The number of nitrogens with one attached hydrogen (secondary N) is 1. The number of amides is 1. The maximum atomic E-state index is 12.4. The molecular weight excluding hydrogens is 366 g/mol. The summed E-state index contributed by atoms with van der Waals surface area (Å²) >= 11 is 0. The summed E-state index contributed by atoms with van der Waals surface area (Å²) in [7, 11) is -1.92. The van der Waals surface area contributed by atoms with Crippen molar-refractivity contribution >= 4 is 21.8 Å². The molecule has 0 bridgehead atoms. The van der Waals surface area contributed by atoms with Crippen molar-refractivity contribution in [2.24, 2.45) is 10.9 Å². The quantitative estimate of drug-likeness (QED) is 0.850. The SMILES string of the molecule is CC1CC1c1ccc(CN(C)C(=O)CN=C2NS(=O)(=O)c3ccccc32)o1. The van der Waals surface area contributed by atoms with E-state index in [0.29, 0.717) is 23.9 Å². The number of aliphatic imine (C=N–C) groups is 1. The molecule has 1 fully saturated rings. The van der Waals surface area contributed by atoms with Gasteiger partial charge in [0.25, 0.3) is 10.0 Å². The Balaban J connectivity index is 1.40. The molecular formula is C19H21N3O4S. The van der Waals surface area contributed by atoms with Gasteiger partial charge >= 0.3 is 0 Å². The monoisotopic (exact) mass is 387 g/mol. The van der Waals surface area contributed by atoms with Crippen molar-refractivity contribution in [2.45, 2.75) is 30.7 Å². The molecule has 2 heterocycles. The lowest BCUT2D eigenvalue weighted by Gasteiger charge is -2.14. The van der Waals surface area contributed by atoms with Crippen LogP contribution in [-0.2, 0) is 21.4 Å². The number of nitrogens with zero attached hydrogens (tertiary/aromatic N) is 2. The molecule has 7 nitrogen and oxygen atoms in total. The zero-order valence-corrected chi connectivity index (χ0v) is 16.0. The van der Waals surface area contributed by atoms with Crippen LogP contribution < -0.4 is 4.72 Å². The second kappa shape index (κ2) is 6.53. The summed E-state index contributed by atoms with van der Waals surface area (Å²) in [5.41, 5.74) is 0.488. The molecule has 2 aromatic rings. The van der Waals surface area contributed by atoms with E-state index in [0.717, 1.165) is 17.9 Å². The lowest BCUT2D eigenvalue weighted by atomic mass is 10.2. The number of furan rings is 1. The van der Waals surface area contributed by atoms with Crippen molar-refractivity contribution in [1.82, 2.24) is 9.62 Å². The second-order valence-corrected chi connectivity index (χ2v) is 8.79. The number of rotatable bonds is 5. The molecule has 1 saturated carbocycles. The van der Waals surface area contributed by atoms with Gasteiger partial charge in [0.1, 0.15) is 23.9 Å². The number of sulfonamides is 1. The first-order chi connectivity index (χ1) is 12.8. The van der Waals surface area contributed by atoms with E-state index in [2.05, 4.69) is 16.6 Å². The predicted octanol–water partition coefficient (Wildman–Crippen LogP) is 2.10. The summed E-state index contributed by atoms with van der Waals surface area (Å²) < 4.78 is 32.4. The minimum atomic E-state index is -3.60. The smallest absolute Gasteiger partial charge is 0.263 e. The van der Waals surface area contributed by atoms with Gasteiger partial charge in [-0.05, 0) is 36.6 Å². The number of carbonyl (C=O) groups is 1. The first-order valence-electron chi connectivity index (χ1n) is 8.84. The Bertz CT molecular complexity index is 1030. The van der Waals surface area contributed by atoms with Crippen molar-refractivity contribution in [3.63, 3.8) is 0 Å². The number of carbonyl (C=O) groups excluding carboxylic acids is 1. The number of hydrogen-bond donors (Lipinski definition) is 1. The van der Waals surface area contributed by atoms with E-state index < -0.39 is 10.0 Å². The van der Waals surface area contributed by atoms with E-state index in [-0.39, 0.29) is 23.2 Å². The fourth-order valence-electron chi connectivity index (χ4n) is 3.24. The Labute approximate surface area is 158 Å². The van der Waals surface area contributed by atoms with Gasteiger partial charge in [0.2, 0.25) is 5.91 Å². The van der Waals surface area contributed by atoms with Gasteiger partial charge in [-0.15, -0.1) is 0 Å². The average molecular weight is 387 g/mol. The molecule has 2 unspecified atom stereocenters. The van der Waals surface area contributed by atoms with Crippen LogP contribution in [0.15, 0.2) is 50.7 Å². The van der Waals surface area contributed by atoms with Gasteiger partial charge in [-0.2, -0.15) is 0 Å². The third-order valence-electron chi connectivity index (χ3n) is 5.01. The summed E-state index contributed by atoms with van der Waals surface area (Å²) in [6.45, 7) is 2.40. The van der Waals surface area contributed by atoms with Crippen LogP contribution in [-0.4, -0.2) is 38.7 Å². The number of likely N-dealkylation sites (N-methyl/N-ethyl adjacent to an activating group) is 1. The number of benzene rings is 1. The highest BCUT2D eigenvalue weighted by Crippen LogP contribution is 2.47. The highest BCUT2D eigenvalue weighted by molar-refractivity contribution is 7.90. The largest absolute Gasteiger partial charge is 0.464 e. The average Bonchev–Trinajstić information content (AvgIpc) is 3.08. The van der Waals surface area contributed by atoms with Gasteiger partial charge in [0.15, 0.2) is 0 Å². The number of fused-ring (bicyclic) bond motifs is 1. The Morgan fingerprint density at radius 2 is 2.04 bits per heavy atom. The van der Waals surface area contributed by atoms with Crippen LogP contribution in [0.3, 0.4) is 0 Å². The van der Waals surface area contributed by atoms with Crippen LogP contribution in [0, 0.1) is 5.92 Å². The van der Waals surface area contributed by atoms with E-state index in [4.69, 9.17) is 4.42 Å². The second-order valence-electron chi connectivity index (χ2n) is 7.14. The van der Waals surface area contributed by atoms with Crippen LogP contribution >= 0.6 is 0 Å². The number of hydrogen-bond acceptors (Lipinski definition) is 5. The predicted molar refractivity (Wildman–Crippen MR) is 99.9 cm³/mol. The maximum absolute atomic E-state index is 12.4. The fraction of sp³-hybridized carbons (Fsp3) is 0.368. The molecule has 1 aliphatic carbocycles. The standard InChI is InChI=1S/C19H21N3O4S/c1-12-9-15(12)16-8-7-13(26-16)11-22(2)18(23)10-20-19-14-5-3-4-6-17(14)27(24,25)21-19/h3-8,12,15H,9-11H2,1-2H3,(H,20,21). The molecule has 0 radical (unpaired) electrons. The molecule has 4 rings (SSSR count). The highest BCUT2D eigenvalue weighted by Gasteiger charge is 2.36. The van der Waals surface area contributed by atoms with E-state index >= 15 is 0 Å². The summed E-state index contributed by atoms with van der Waals surface area (Å²) in [6, 6.07) is 10.5. The molecule has 8 heteroatoms. The highest BCUT2D eigenvalue weighted by atomic mass is 32.2. The van der Waals surface area contributed by atoms with Crippen LogP contribution in [0.2, 0.25) is 0 Å². The third-order valence-corrected chi connectivity index (χ3v) is 6.41. The summed E-state index contributed by atoms with van der Waals surface area (Å²) in [6.07, 6.45) is 1.15. The molecule has 142 valence electrons. The first-order valence-corrected chi connectivity index (χ1v) is 10.3. The Morgan fingerprint density at radius 1 is 1.30 bits per heavy atom. The Hall–Kier alpha value is -2.61. The molecule has 0 spiro atoms. The van der Waals surface area contributed by atoms with Gasteiger partial charge in [-0.25, -0.2) is 8.42 Å². The van der Waals surface area contributed by atoms with Crippen LogP contribution in [0.4, 0.5) is 0 Å². The molecule has 2 aliphatic rings. The van der Waals surface area contributed by atoms with Crippen molar-refractivity contribution in [1.29, 1.82) is 0 Å². The molecule has 1 N–H and O–H groups in total. The van der Waals surface area contributed by atoms with Crippen molar-refractivity contribution in [3.8, 4) is 0 Å². The van der Waals surface area contributed by atoms with Crippen molar-refractivity contribution < 1.29 is 17.6 Å². The fourth-order valence-corrected chi connectivity index (χ4v) is 4.49. The van der Waals surface area contributed by atoms with E-state index in [9.17, 15) is 13.2 Å². The van der Waals surface area contributed by atoms with Gasteiger partial charge in [-0.3, -0.25) is 14.5 Å². The lowest BCUT2D eigenvalue weighted by Crippen LogP contribution is -2.30. The summed E-state index contributed by atoms with van der Waals surface area (Å²) in [5.74, 6) is 2.87. The van der Waals surface area contributed by atoms with E-state index in [1.165, 1.54) is 11.0 Å². The summed E-state index contributed by atoms with van der Waals surface area (Å²) in [5, 5.41) is 0.